The molecule has 0 N–H and O–H groups in total. The molecule has 0 radical (unpaired) electrons. The molecule has 0 aliphatic carbocycles. The summed E-state index contributed by atoms with van der Waals surface area (Å²) in [6.07, 6.45) is -6.97. The van der Waals surface area contributed by atoms with Gasteiger partial charge in [0, 0.05) is 6.08 Å². The quantitative estimate of drug-likeness (QED) is 0.433. The second kappa shape index (κ2) is 3.94. The van der Waals surface area contributed by atoms with Crippen molar-refractivity contribution in [1.82, 2.24) is 0 Å². The van der Waals surface area contributed by atoms with E-state index in [4.69, 9.17) is 0 Å². The molecule has 1 fully saturated rings. The molecule has 1 saturated heterocycles. The second-order valence-corrected chi connectivity index (χ2v) is 3.59. The molecule has 1 aliphatic rings. The first kappa shape index (κ1) is 13.9. The minimum atomic E-state index is -5.27. The Morgan fingerprint density at radius 1 is 1.53 bits per heavy atom. The van der Waals surface area contributed by atoms with E-state index in [9.17, 15) is 26.7 Å². The highest BCUT2D eigenvalue weighted by molar-refractivity contribution is 5.81. The predicted molar refractivity (Wildman–Crippen MR) is 45.4 cm³/mol. The van der Waals surface area contributed by atoms with Crippen molar-refractivity contribution in [3.63, 3.8) is 0 Å². The molecule has 1 heterocycles. The van der Waals surface area contributed by atoms with Crippen molar-refractivity contribution in [2.75, 3.05) is 6.61 Å². The molecular weight excluding hydrogens is 251 g/mol. The normalized spacial score (nSPS) is 32.2. The minimum Gasteiger partial charge on any atom is -0.450 e. The molecule has 98 valence electrons. The van der Waals surface area contributed by atoms with Crippen molar-refractivity contribution in [2.45, 2.75) is 30.7 Å². The van der Waals surface area contributed by atoms with Crippen LogP contribution in [0.2, 0.25) is 0 Å². The van der Waals surface area contributed by atoms with E-state index in [2.05, 4.69) is 16.1 Å². The van der Waals surface area contributed by atoms with Gasteiger partial charge in [0.2, 0.25) is 5.60 Å². The van der Waals surface area contributed by atoms with Gasteiger partial charge in [0.15, 0.2) is 6.10 Å². The third-order valence-electron chi connectivity index (χ3n) is 2.53. The van der Waals surface area contributed by atoms with Gasteiger partial charge in [-0.1, -0.05) is 6.58 Å². The van der Waals surface area contributed by atoms with Crippen LogP contribution in [0.5, 0.6) is 0 Å². The van der Waals surface area contributed by atoms with E-state index in [0.29, 0.717) is 6.08 Å². The summed E-state index contributed by atoms with van der Waals surface area (Å²) in [7, 11) is 0. The average molecular weight is 260 g/mol. The number of hydrogen-bond donors (Lipinski definition) is 0. The van der Waals surface area contributed by atoms with Crippen LogP contribution in [-0.4, -0.2) is 36.4 Å². The number of carbonyl (C=O) groups is 1. The molecule has 0 aromatic heterocycles. The SMILES string of the molecule is C=CC(=O)OC1COC(C)(C(F)(F)F)C1(F)F. The van der Waals surface area contributed by atoms with Crippen molar-refractivity contribution >= 4 is 5.97 Å². The van der Waals surface area contributed by atoms with Crippen LogP contribution in [0.15, 0.2) is 12.7 Å². The summed E-state index contributed by atoms with van der Waals surface area (Å²) in [5, 5.41) is 0. The van der Waals surface area contributed by atoms with E-state index in [-0.39, 0.29) is 6.92 Å². The van der Waals surface area contributed by atoms with E-state index < -0.39 is 36.4 Å². The zero-order chi connectivity index (χ0) is 13.5. The van der Waals surface area contributed by atoms with Crippen molar-refractivity contribution in [2.24, 2.45) is 0 Å². The molecule has 1 aliphatic heterocycles. The van der Waals surface area contributed by atoms with Gasteiger partial charge in [0.1, 0.15) is 0 Å². The monoisotopic (exact) mass is 260 g/mol. The Balaban J connectivity index is 2.97. The van der Waals surface area contributed by atoms with Crippen molar-refractivity contribution < 1.29 is 36.2 Å². The molecule has 0 aromatic rings. The van der Waals surface area contributed by atoms with Crippen LogP contribution in [0.1, 0.15) is 6.92 Å². The maximum absolute atomic E-state index is 13.5. The lowest BCUT2D eigenvalue weighted by atomic mass is 9.96. The number of halogens is 5. The van der Waals surface area contributed by atoms with Crippen LogP contribution in [0, 0.1) is 0 Å². The highest BCUT2D eigenvalue weighted by Gasteiger charge is 2.75. The van der Waals surface area contributed by atoms with Gasteiger partial charge in [0.05, 0.1) is 6.61 Å². The van der Waals surface area contributed by atoms with Gasteiger partial charge in [-0.3, -0.25) is 0 Å². The Kier molecular flexibility index (Phi) is 3.21. The Morgan fingerprint density at radius 3 is 2.41 bits per heavy atom. The standard InChI is InChI=1S/C9H9F5O3/c1-3-6(15)17-5-4-16-7(2,8(5,10)11)9(12,13)14/h3,5H,1,4H2,2H3. The Hall–Kier alpha value is -1.18. The fourth-order valence-corrected chi connectivity index (χ4v) is 1.32. The predicted octanol–water partition coefficient (Wildman–Crippen LogP) is 2.07. The molecule has 2 unspecified atom stereocenters. The zero-order valence-electron chi connectivity index (χ0n) is 8.68. The summed E-state index contributed by atoms with van der Waals surface area (Å²) in [6.45, 7) is 2.14. The van der Waals surface area contributed by atoms with Gasteiger partial charge in [-0.25, -0.2) is 4.79 Å². The molecule has 17 heavy (non-hydrogen) atoms. The Bertz CT molecular complexity index is 338. The maximum atomic E-state index is 13.5. The van der Waals surface area contributed by atoms with E-state index >= 15 is 0 Å². The van der Waals surface area contributed by atoms with Crippen LogP contribution >= 0.6 is 0 Å². The van der Waals surface area contributed by atoms with Crippen LogP contribution in [0.4, 0.5) is 22.0 Å². The summed E-state index contributed by atoms with van der Waals surface area (Å²) < 4.78 is 72.6. The third kappa shape index (κ3) is 2.01. The zero-order valence-corrected chi connectivity index (χ0v) is 8.68. The molecule has 1 rings (SSSR count). The minimum absolute atomic E-state index is 0.217. The first-order valence-electron chi connectivity index (χ1n) is 4.48. The first-order chi connectivity index (χ1) is 7.56. The van der Waals surface area contributed by atoms with E-state index in [0.717, 1.165) is 0 Å². The maximum Gasteiger partial charge on any atom is 0.423 e. The van der Waals surface area contributed by atoms with Crippen molar-refractivity contribution in [3.8, 4) is 0 Å². The molecule has 0 amide bonds. The van der Waals surface area contributed by atoms with Crippen molar-refractivity contribution in [1.29, 1.82) is 0 Å². The topological polar surface area (TPSA) is 35.5 Å². The summed E-state index contributed by atoms with van der Waals surface area (Å²) >= 11 is 0. The number of hydrogen-bond acceptors (Lipinski definition) is 3. The molecule has 2 atom stereocenters. The van der Waals surface area contributed by atoms with Crippen LogP contribution in [0.3, 0.4) is 0 Å². The lowest BCUT2D eigenvalue weighted by molar-refractivity contribution is -0.313. The Morgan fingerprint density at radius 2 is 2.06 bits per heavy atom. The molecule has 0 saturated carbocycles. The number of ether oxygens (including phenoxy) is 2. The van der Waals surface area contributed by atoms with Gasteiger partial charge < -0.3 is 9.47 Å². The average Bonchev–Trinajstić information content (AvgIpc) is 2.41. The molecule has 0 aromatic carbocycles. The third-order valence-corrected chi connectivity index (χ3v) is 2.53. The van der Waals surface area contributed by atoms with Crippen LogP contribution in [0.25, 0.3) is 0 Å². The molecular formula is C9H9F5O3. The molecule has 3 nitrogen and oxygen atoms in total. The fourth-order valence-electron chi connectivity index (χ4n) is 1.32. The lowest BCUT2D eigenvalue weighted by Crippen LogP contribution is -2.57. The van der Waals surface area contributed by atoms with Gasteiger partial charge in [-0.15, -0.1) is 0 Å². The summed E-state index contributed by atoms with van der Waals surface area (Å²) in [6, 6.07) is 0. The highest BCUT2D eigenvalue weighted by atomic mass is 19.4. The molecule has 8 heteroatoms. The second-order valence-electron chi connectivity index (χ2n) is 3.59. The first-order valence-corrected chi connectivity index (χ1v) is 4.48. The van der Waals surface area contributed by atoms with Gasteiger partial charge in [-0.2, -0.15) is 22.0 Å². The number of carbonyl (C=O) groups excluding carboxylic acids is 1. The van der Waals surface area contributed by atoms with E-state index in [1.807, 2.05) is 0 Å². The smallest absolute Gasteiger partial charge is 0.423 e. The van der Waals surface area contributed by atoms with Crippen LogP contribution < -0.4 is 0 Å². The summed E-state index contributed by atoms with van der Waals surface area (Å²) in [4.78, 5) is 10.7. The van der Waals surface area contributed by atoms with Gasteiger partial charge >= 0.3 is 18.1 Å². The number of rotatable bonds is 2. The molecule has 0 bridgehead atoms. The van der Waals surface area contributed by atoms with E-state index in [1.165, 1.54) is 0 Å². The van der Waals surface area contributed by atoms with Gasteiger partial charge in [0.25, 0.3) is 0 Å². The fraction of sp³-hybridized carbons (Fsp3) is 0.667. The largest absolute Gasteiger partial charge is 0.450 e. The lowest BCUT2D eigenvalue weighted by Gasteiger charge is -2.32. The summed E-state index contributed by atoms with van der Waals surface area (Å²) in [5.41, 5.74) is -3.66. The van der Waals surface area contributed by atoms with Gasteiger partial charge in [-0.05, 0) is 6.92 Å². The number of esters is 1. The highest BCUT2D eigenvalue weighted by Crippen LogP contribution is 2.51. The number of alkyl halides is 5. The van der Waals surface area contributed by atoms with Crippen LogP contribution in [-0.2, 0) is 14.3 Å². The summed E-state index contributed by atoms with van der Waals surface area (Å²) in [5.74, 6) is -5.59. The van der Waals surface area contributed by atoms with E-state index in [1.54, 1.807) is 0 Å². The molecule has 0 spiro atoms. The van der Waals surface area contributed by atoms with Crippen molar-refractivity contribution in [3.05, 3.63) is 12.7 Å². The Labute approximate surface area is 93.2 Å².